The minimum absolute atomic E-state index is 0.0526. The summed E-state index contributed by atoms with van der Waals surface area (Å²) in [6.45, 7) is 2.02. The van der Waals surface area contributed by atoms with Crippen molar-refractivity contribution in [1.29, 1.82) is 0 Å². The third-order valence-electron chi connectivity index (χ3n) is 3.83. The molecule has 3 heterocycles. The van der Waals surface area contributed by atoms with Gasteiger partial charge in [0.25, 0.3) is 0 Å². The maximum absolute atomic E-state index is 12.2. The Morgan fingerprint density at radius 2 is 2.00 bits per heavy atom. The number of amides is 1. The molecule has 0 aliphatic carbocycles. The molecule has 0 spiro atoms. The summed E-state index contributed by atoms with van der Waals surface area (Å²) in [5.74, 6) is 0.668. The van der Waals surface area contributed by atoms with Gasteiger partial charge in [0, 0.05) is 22.2 Å². The van der Waals surface area contributed by atoms with Crippen LogP contribution in [0.3, 0.4) is 0 Å². The fourth-order valence-corrected chi connectivity index (χ4v) is 5.07. The summed E-state index contributed by atoms with van der Waals surface area (Å²) in [6.07, 6.45) is 1.88. The van der Waals surface area contributed by atoms with Crippen LogP contribution >= 0.6 is 34.4 Å². The van der Waals surface area contributed by atoms with Gasteiger partial charge in [0.05, 0.1) is 12.1 Å². The van der Waals surface area contributed by atoms with Gasteiger partial charge in [0.2, 0.25) is 5.91 Å². The Morgan fingerprint density at radius 1 is 1.15 bits per heavy atom. The molecule has 0 atom stereocenters. The Bertz CT molecular complexity index is 1070. The van der Waals surface area contributed by atoms with Crippen LogP contribution in [0.2, 0.25) is 0 Å². The summed E-state index contributed by atoms with van der Waals surface area (Å²) < 4.78 is 0. The number of anilines is 1. The molecule has 0 fully saturated rings. The number of carbonyl (C=O) groups is 1. The largest absolute Gasteiger partial charge is 0.326 e. The van der Waals surface area contributed by atoms with Crippen LogP contribution in [0.15, 0.2) is 52.4 Å². The van der Waals surface area contributed by atoms with E-state index in [1.807, 2.05) is 48.0 Å². The Morgan fingerprint density at radius 3 is 2.85 bits per heavy atom. The zero-order valence-corrected chi connectivity index (χ0v) is 17.0. The molecule has 0 radical (unpaired) electrons. The van der Waals surface area contributed by atoms with Crippen molar-refractivity contribution in [2.45, 2.75) is 24.1 Å². The molecule has 1 N–H and O–H groups in total. The molecule has 0 aliphatic heterocycles. The van der Waals surface area contributed by atoms with E-state index in [0.717, 1.165) is 37.4 Å². The molecule has 136 valence electrons. The highest BCUT2D eigenvalue weighted by Crippen LogP contribution is 2.30. The van der Waals surface area contributed by atoms with Crippen molar-refractivity contribution in [2.24, 2.45) is 0 Å². The third-order valence-corrected chi connectivity index (χ3v) is 6.59. The Labute approximate surface area is 168 Å². The first kappa shape index (κ1) is 18.1. The van der Waals surface area contributed by atoms with Crippen LogP contribution in [0.25, 0.3) is 10.2 Å². The van der Waals surface area contributed by atoms with E-state index in [4.69, 9.17) is 0 Å². The monoisotopic (exact) mass is 412 g/mol. The highest BCUT2D eigenvalue weighted by atomic mass is 32.2. The molecular weight excluding hydrogens is 396 g/mol. The average Bonchev–Trinajstić information content (AvgIpc) is 3.31. The van der Waals surface area contributed by atoms with Crippen molar-refractivity contribution in [3.8, 4) is 0 Å². The maximum atomic E-state index is 12.2. The summed E-state index contributed by atoms with van der Waals surface area (Å²) in [5.41, 5.74) is 2.94. The predicted octanol–water partition coefficient (Wildman–Crippen LogP) is 4.93. The minimum Gasteiger partial charge on any atom is -0.326 e. The highest BCUT2D eigenvalue weighted by Gasteiger charge is 2.10. The summed E-state index contributed by atoms with van der Waals surface area (Å²) in [6, 6.07) is 9.82. The molecule has 4 rings (SSSR count). The van der Waals surface area contributed by atoms with E-state index in [2.05, 4.69) is 20.3 Å². The van der Waals surface area contributed by atoms with Crippen LogP contribution in [0.5, 0.6) is 0 Å². The van der Waals surface area contributed by atoms with Crippen LogP contribution in [-0.4, -0.2) is 20.9 Å². The fraction of sp³-hybridized carbons (Fsp3) is 0.158. The van der Waals surface area contributed by atoms with Crippen LogP contribution in [-0.2, 0) is 17.0 Å². The smallest absolute Gasteiger partial charge is 0.231 e. The van der Waals surface area contributed by atoms with Crippen LogP contribution in [0, 0.1) is 6.92 Å². The number of aromatic nitrogens is 3. The molecule has 0 saturated carbocycles. The summed E-state index contributed by atoms with van der Waals surface area (Å²) in [4.78, 5) is 26.4. The number of benzene rings is 1. The van der Waals surface area contributed by atoms with E-state index >= 15 is 0 Å². The Hall–Kier alpha value is -2.29. The normalized spacial score (nSPS) is 11.0. The number of rotatable bonds is 6. The van der Waals surface area contributed by atoms with E-state index in [0.29, 0.717) is 0 Å². The molecule has 0 unspecified atom stereocenters. The lowest BCUT2D eigenvalue weighted by Gasteiger charge is -2.04. The molecule has 4 aromatic rings. The van der Waals surface area contributed by atoms with Gasteiger partial charge < -0.3 is 5.32 Å². The lowest BCUT2D eigenvalue weighted by Crippen LogP contribution is -2.14. The molecule has 3 aromatic heterocycles. The van der Waals surface area contributed by atoms with Gasteiger partial charge in [0.15, 0.2) is 0 Å². The van der Waals surface area contributed by atoms with Crippen molar-refractivity contribution >= 4 is 56.2 Å². The Balaban J connectivity index is 1.35. The first-order valence-corrected chi connectivity index (χ1v) is 11.0. The van der Waals surface area contributed by atoms with Crippen molar-refractivity contribution in [3.63, 3.8) is 0 Å². The van der Waals surface area contributed by atoms with Gasteiger partial charge in [-0.3, -0.25) is 4.79 Å². The number of thiophene rings is 1. The summed E-state index contributed by atoms with van der Waals surface area (Å²) in [5, 5.41) is 9.81. The third kappa shape index (κ3) is 4.52. The molecular formula is C19H16N4OS3. The van der Waals surface area contributed by atoms with Crippen LogP contribution in [0.1, 0.15) is 16.3 Å². The van der Waals surface area contributed by atoms with Gasteiger partial charge in [-0.05, 0) is 30.5 Å². The number of hydrogen-bond donors (Lipinski definition) is 1. The minimum atomic E-state index is -0.0526. The van der Waals surface area contributed by atoms with E-state index < -0.39 is 0 Å². The fourth-order valence-electron chi connectivity index (χ4n) is 2.50. The standard InChI is InChI=1S/C19H16N4OS3/c1-12-2-4-13(5-3-12)22-16(24)8-17-23-14(9-26-17)10-27-19-15-6-7-25-18(15)20-11-21-19/h2-7,9,11H,8,10H2,1H3,(H,22,24). The van der Waals surface area contributed by atoms with Gasteiger partial charge in [-0.2, -0.15) is 0 Å². The first-order valence-electron chi connectivity index (χ1n) is 8.28. The van der Waals surface area contributed by atoms with Gasteiger partial charge in [-0.25, -0.2) is 15.0 Å². The number of carbonyl (C=O) groups excluding carboxylic acids is 1. The molecule has 0 aliphatic rings. The highest BCUT2D eigenvalue weighted by molar-refractivity contribution is 7.98. The van der Waals surface area contributed by atoms with Crippen molar-refractivity contribution in [2.75, 3.05) is 5.32 Å². The number of thiazole rings is 1. The number of nitrogens with zero attached hydrogens (tertiary/aromatic N) is 3. The molecule has 1 aromatic carbocycles. The van der Waals surface area contributed by atoms with Crippen molar-refractivity contribution in [3.05, 3.63) is 63.7 Å². The average molecular weight is 413 g/mol. The van der Waals surface area contributed by atoms with Gasteiger partial charge >= 0.3 is 0 Å². The first-order chi connectivity index (χ1) is 13.2. The summed E-state index contributed by atoms with van der Waals surface area (Å²) >= 11 is 4.77. The van der Waals surface area contributed by atoms with Crippen LogP contribution in [0.4, 0.5) is 5.69 Å². The van der Waals surface area contributed by atoms with Crippen LogP contribution < -0.4 is 5.32 Å². The second-order valence-electron chi connectivity index (χ2n) is 5.93. The number of thioether (sulfide) groups is 1. The zero-order chi connectivity index (χ0) is 18.6. The summed E-state index contributed by atoms with van der Waals surface area (Å²) in [7, 11) is 0. The quantitative estimate of drug-likeness (QED) is 0.359. The topological polar surface area (TPSA) is 67.8 Å². The molecule has 8 heteroatoms. The number of aryl methyl sites for hydroxylation is 1. The molecule has 0 bridgehead atoms. The molecule has 5 nitrogen and oxygen atoms in total. The number of nitrogens with one attached hydrogen (secondary N) is 1. The molecule has 27 heavy (non-hydrogen) atoms. The number of hydrogen-bond acceptors (Lipinski definition) is 7. The lowest BCUT2D eigenvalue weighted by atomic mass is 10.2. The van der Waals surface area contributed by atoms with Gasteiger partial charge in [-0.1, -0.05) is 29.5 Å². The predicted molar refractivity (Wildman–Crippen MR) is 113 cm³/mol. The van der Waals surface area contributed by atoms with Crippen molar-refractivity contribution < 1.29 is 4.79 Å². The van der Waals surface area contributed by atoms with E-state index in [1.165, 1.54) is 16.9 Å². The van der Waals surface area contributed by atoms with Crippen molar-refractivity contribution in [1.82, 2.24) is 15.0 Å². The van der Waals surface area contributed by atoms with Gasteiger partial charge in [-0.15, -0.1) is 22.7 Å². The van der Waals surface area contributed by atoms with E-state index in [-0.39, 0.29) is 12.3 Å². The maximum Gasteiger partial charge on any atom is 0.231 e. The molecule has 0 saturated heterocycles. The lowest BCUT2D eigenvalue weighted by molar-refractivity contribution is -0.115. The van der Waals surface area contributed by atoms with E-state index in [9.17, 15) is 4.79 Å². The zero-order valence-electron chi connectivity index (χ0n) is 14.5. The van der Waals surface area contributed by atoms with E-state index in [1.54, 1.807) is 29.4 Å². The SMILES string of the molecule is Cc1ccc(NC(=O)Cc2nc(CSc3ncnc4sccc34)cs2)cc1. The second kappa shape index (κ2) is 8.16. The molecule has 1 amide bonds. The number of fused-ring (bicyclic) bond motifs is 1. The Kier molecular flexibility index (Phi) is 5.47. The van der Waals surface area contributed by atoms with Gasteiger partial charge in [0.1, 0.15) is 21.2 Å². The second-order valence-corrected chi connectivity index (χ2v) is 8.73.